The molecule has 0 nitrogen and oxygen atoms in total. The Morgan fingerprint density at radius 2 is 2.00 bits per heavy atom. The number of rotatable bonds is 2. The van der Waals surface area contributed by atoms with Crippen molar-refractivity contribution in [1.82, 2.24) is 0 Å². The SMILES string of the molecule is C=C(/C=C\C)C1CC(C)(C)C1. The van der Waals surface area contributed by atoms with E-state index in [4.69, 9.17) is 0 Å². The highest BCUT2D eigenvalue weighted by Crippen LogP contribution is 2.47. The van der Waals surface area contributed by atoms with E-state index >= 15 is 0 Å². The van der Waals surface area contributed by atoms with E-state index in [0.29, 0.717) is 5.41 Å². The first-order chi connectivity index (χ1) is 5.05. The Kier molecular flexibility index (Phi) is 2.22. The minimum atomic E-state index is 0.579. The summed E-state index contributed by atoms with van der Waals surface area (Å²) in [5.41, 5.74) is 1.89. The third-order valence-electron chi connectivity index (χ3n) is 2.50. The zero-order valence-electron chi connectivity index (χ0n) is 7.85. The fourth-order valence-corrected chi connectivity index (χ4v) is 1.89. The highest BCUT2D eigenvalue weighted by Gasteiger charge is 2.36. The minimum absolute atomic E-state index is 0.579. The Hall–Kier alpha value is -0.520. The Balaban J connectivity index is 2.38. The third-order valence-corrected chi connectivity index (χ3v) is 2.50. The van der Waals surface area contributed by atoms with E-state index in [2.05, 4.69) is 39.5 Å². The molecule has 0 aromatic heterocycles. The average molecular weight is 150 g/mol. The van der Waals surface area contributed by atoms with Gasteiger partial charge in [0.05, 0.1) is 0 Å². The highest BCUT2D eigenvalue weighted by atomic mass is 14.4. The van der Waals surface area contributed by atoms with Crippen molar-refractivity contribution in [2.75, 3.05) is 0 Å². The monoisotopic (exact) mass is 150 g/mol. The molecule has 62 valence electrons. The van der Waals surface area contributed by atoms with E-state index in [-0.39, 0.29) is 0 Å². The average Bonchev–Trinajstić information content (AvgIpc) is 1.83. The number of allylic oxidation sites excluding steroid dienone is 3. The van der Waals surface area contributed by atoms with E-state index in [1.807, 2.05) is 0 Å². The van der Waals surface area contributed by atoms with E-state index in [9.17, 15) is 0 Å². The topological polar surface area (TPSA) is 0 Å². The van der Waals surface area contributed by atoms with Crippen LogP contribution in [0.5, 0.6) is 0 Å². The molecule has 0 bridgehead atoms. The van der Waals surface area contributed by atoms with Crippen molar-refractivity contribution in [3.8, 4) is 0 Å². The molecule has 1 rings (SSSR count). The van der Waals surface area contributed by atoms with Crippen LogP contribution in [0.4, 0.5) is 0 Å². The van der Waals surface area contributed by atoms with Gasteiger partial charge in [-0.1, -0.05) is 38.2 Å². The molecule has 0 spiro atoms. The van der Waals surface area contributed by atoms with Gasteiger partial charge in [-0.05, 0) is 31.1 Å². The third kappa shape index (κ3) is 1.95. The van der Waals surface area contributed by atoms with Crippen molar-refractivity contribution in [2.45, 2.75) is 33.6 Å². The summed E-state index contributed by atoms with van der Waals surface area (Å²) in [7, 11) is 0. The first-order valence-electron chi connectivity index (χ1n) is 4.37. The van der Waals surface area contributed by atoms with Gasteiger partial charge in [0.1, 0.15) is 0 Å². The maximum atomic E-state index is 4.05. The van der Waals surface area contributed by atoms with Gasteiger partial charge in [0.25, 0.3) is 0 Å². The van der Waals surface area contributed by atoms with Crippen LogP contribution in [0.25, 0.3) is 0 Å². The lowest BCUT2D eigenvalue weighted by Crippen LogP contribution is -2.32. The molecule has 0 aliphatic heterocycles. The predicted molar refractivity (Wildman–Crippen MR) is 50.5 cm³/mol. The molecule has 0 radical (unpaired) electrons. The lowest BCUT2D eigenvalue weighted by Gasteiger charge is -2.43. The molecule has 1 aliphatic rings. The van der Waals surface area contributed by atoms with Crippen molar-refractivity contribution in [1.29, 1.82) is 0 Å². The zero-order valence-corrected chi connectivity index (χ0v) is 7.85. The van der Waals surface area contributed by atoms with Crippen molar-refractivity contribution >= 4 is 0 Å². The molecule has 0 heteroatoms. The second kappa shape index (κ2) is 2.84. The molecule has 11 heavy (non-hydrogen) atoms. The van der Waals surface area contributed by atoms with Crippen LogP contribution < -0.4 is 0 Å². The van der Waals surface area contributed by atoms with Gasteiger partial charge in [-0.25, -0.2) is 0 Å². The molecule has 0 N–H and O–H groups in total. The zero-order chi connectivity index (χ0) is 8.48. The molecular formula is C11H18. The molecule has 0 unspecified atom stereocenters. The minimum Gasteiger partial charge on any atom is -0.0956 e. The molecule has 0 aromatic carbocycles. The van der Waals surface area contributed by atoms with Crippen LogP contribution in [0.3, 0.4) is 0 Å². The van der Waals surface area contributed by atoms with Gasteiger partial charge in [0.15, 0.2) is 0 Å². The first-order valence-corrected chi connectivity index (χ1v) is 4.37. The smallest absolute Gasteiger partial charge is 0.0158 e. The summed E-state index contributed by atoms with van der Waals surface area (Å²) in [6.07, 6.45) is 6.85. The maximum absolute atomic E-state index is 4.05. The molecular weight excluding hydrogens is 132 g/mol. The molecule has 0 saturated heterocycles. The lowest BCUT2D eigenvalue weighted by atomic mass is 9.62. The van der Waals surface area contributed by atoms with E-state index in [0.717, 1.165) is 5.92 Å². The summed E-state index contributed by atoms with van der Waals surface area (Å²) in [5, 5.41) is 0. The summed E-state index contributed by atoms with van der Waals surface area (Å²) in [6.45, 7) is 10.7. The summed E-state index contributed by atoms with van der Waals surface area (Å²) in [6, 6.07) is 0. The molecule has 0 aromatic rings. The van der Waals surface area contributed by atoms with Gasteiger partial charge in [0.2, 0.25) is 0 Å². The Bertz CT molecular complexity index is 176. The predicted octanol–water partition coefficient (Wildman–Crippen LogP) is 3.55. The van der Waals surface area contributed by atoms with Crippen LogP contribution in [0.15, 0.2) is 24.3 Å². The fourth-order valence-electron chi connectivity index (χ4n) is 1.89. The molecule has 1 aliphatic carbocycles. The van der Waals surface area contributed by atoms with Crippen molar-refractivity contribution in [2.24, 2.45) is 11.3 Å². The van der Waals surface area contributed by atoms with Crippen LogP contribution >= 0.6 is 0 Å². The van der Waals surface area contributed by atoms with Gasteiger partial charge >= 0.3 is 0 Å². The van der Waals surface area contributed by atoms with E-state index in [1.165, 1.54) is 18.4 Å². The lowest BCUT2D eigenvalue weighted by molar-refractivity contribution is 0.126. The highest BCUT2D eigenvalue weighted by molar-refractivity contribution is 5.21. The quantitative estimate of drug-likeness (QED) is 0.528. The van der Waals surface area contributed by atoms with Crippen LogP contribution in [0.1, 0.15) is 33.6 Å². The van der Waals surface area contributed by atoms with Crippen LogP contribution in [-0.4, -0.2) is 0 Å². The van der Waals surface area contributed by atoms with Crippen LogP contribution in [0, 0.1) is 11.3 Å². The number of hydrogen-bond donors (Lipinski definition) is 0. The molecule has 1 saturated carbocycles. The normalized spacial score (nSPS) is 23.5. The van der Waals surface area contributed by atoms with Crippen molar-refractivity contribution < 1.29 is 0 Å². The molecule has 0 amide bonds. The molecule has 0 atom stereocenters. The second-order valence-electron chi connectivity index (χ2n) is 4.34. The summed E-state index contributed by atoms with van der Waals surface area (Å²) < 4.78 is 0. The van der Waals surface area contributed by atoms with Gasteiger partial charge in [-0.3, -0.25) is 0 Å². The standard InChI is InChI=1S/C11H18/c1-5-6-9(2)10-7-11(3,4)8-10/h5-6,10H,2,7-8H2,1,3-4H3/b6-5-. The molecule has 0 heterocycles. The van der Waals surface area contributed by atoms with Gasteiger partial charge in [0, 0.05) is 0 Å². The maximum Gasteiger partial charge on any atom is -0.0158 e. The first kappa shape index (κ1) is 8.58. The Morgan fingerprint density at radius 3 is 2.36 bits per heavy atom. The Morgan fingerprint density at radius 1 is 1.45 bits per heavy atom. The van der Waals surface area contributed by atoms with Crippen molar-refractivity contribution in [3.63, 3.8) is 0 Å². The molecule has 1 fully saturated rings. The van der Waals surface area contributed by atoms with E-state index in [1.54, 1.807) is 0 Å². The van der Waals surface area contributed by atoms with Gasteiger partial charge in [-0.15, -0.1) is 0 Å². The largest absolute Gasteiger partial charge is 0.0956 e. The fraction of sp³-hybridized carbons (Fsp3) is 0.636. The van der Waals surface area contributed by atoms with Gasteiger partial charge < -0.3 is 0 Å². The van der Waals surface area contributed by atoms with E-state index < -0.39 is 0 Å². The van der Waals surface area contributed by atoms with Crippen molar-refractivity contribution in [3.05, 3.63) is 24.3 Å². The van der Waals surface area contributed by atoms with Crippen LogP contribution in [0.2, 0.25) is 0 Å². The number of hydrogen-bond acceptors (Lipinski definition) is 0. The summed E-state index contributed by atoms with van der Waals surface area (Å²) >= 11 is 0. The summed E-state index contributed by atoms with van der Waals surface area (Å²) in [5.74, 6) is 0.765. The second-order valence-corrected chi connectivity index (χ2v) is 4.34. The summed E-state index contributed by atoms with van der Waals surface area (Å²) in [4.78, 5) is 0. The Labute approximate surface area is 70.0 Å². The van der Waals surface area contributed by atoms with Gasteiger partial charge in [-0.2, -0.15) is 0 Å². The van der Waals surface area contributed by atoms with Crippen LogP contribution in [-0.2, 0) is 0 Å².